The maximum atomic E-state index is 14.8. The normalized spacial score (nSPS) is 29.3. The van der Waals surface area contributed by atoms with Crippen LogP contribution in [0.3, 0.4) is 0 Å². The molecule has 1 aromatic heterocycles. The first-order valence-corrected chi connectivity index (χ1v) is 22.5. The largest absolute Gasteiger partial charge is 0.497 e. The summed E-state index contributed by atoms with van der Waals surface area (Å²) in [6.07, 6.45) is 3.29. The van der Waals surface area contributed by atoms with Crippen molar-refractivity contribution in [1.29, 1.82) is 0 Å². The Balaban J connectivity index is 1.15. The lowest BCUT2D eigenvalue weighted by molar-refractivity contribution is -0.144. The molecule has 2 aromatic rings. The lowest BCUT2D eigenvalue weighted by Crippen LogP contribution is -2.59. The van der Waals surface area contributed by atoms with E-state index >= 15 is 0 Å². The number of hydrogen-bond donors (Lipinski definition) is 3. The molecule has 4 fully saturated rings. The van der Waals surface area contributed by atoms with Crippen LogP contribution in [0.2, 0.25) is 0 Å². The van der Waals surface area contributed by atoms with Gasteiger partial charge < -0.3 is 34.5 Å². The van der Waals surface area contributed by atoms with Crippen LogP contribution in [-0.2, 0) is 46.5 Å². The molecule has 1 aromatic carbocycles. The van der Waals surface area contributed by atoms with Gasteiger partial charge in [-0.15, -0.1) is 0 Å². The van der Waals surface area contributed by atoms with Crippen LogP contribution >= 0.6 is 0 Å². The number of sulfonamides is 1. The van der Waals surface area contributed by atoms with E-state index in [0.717, 1.165) is 6.42 Å². The Morgan fingerprint density at radius 1 is 1.05 bits per heavy atom. The highest BCUT2D eigenvalue weighted by atomic mass is 32.2. The molecule has 5 unspecified atom stereocenters. The number of alkyl carbamates (subject to hydrolysis) is 1. The van der Waals surface area contributed by atoms with Gasteiger partial charge in [0.1, 0.15) is 39.3 Å². The predicted octanol–water partition coefficient (Wildman–Crippen LogP) is 4.98. The number of nitrogens with zero attached hydrogens (tertiary/aromatic N) is 2. The molecule has 0 bridgehead atoms. The van der Waals surface area contributed by atoms with Gasteiger partial charge in [0.25, 0.3) is 5.91 Å². The summed E-state index contributed by atoms with van der Waals surface area (Å²) in [5, 5.41) is 5.93. The van der Waals surface area contributed by atoms with E-state index in [-0.39, 0.29) is 69.2 Å². The fourth-order valence-electron chi connectivity index (χ4n) is 9.43. The van der Waals surface area contributed by atoms with Gasteiger partial charge in [0.05, 0.1) is 25.8 Å². The fraction of sp³-hybridized carbons (Fsp3) is 0.643. The summed E-state index contributed by atoms with van der Waals surface area (Å²) in [6, 6.07) is 1.96. The number of amides is 4. The zero-order valence-corrected chi connectivity index (χ0v) is 35.3. The van der Waals surface area contributed by atoms with E-state index in [1.165, 1.54) is 31.3 Å². The number of fused-ring (bicyclic) bond motifs is 5. The third-order valence-electron chi connectivity index (χ3n) is 13.5. The summed E-state index contributed by atoms with van der Waals surface area (Å²) in [6.45, 7) is 1.34. The average Bonchev–Trinajstić information content (AvgIpc) is 4.10. The quantitative estimate of drug-likeness (QED) is 0.303. The van der Waals surface area contributed by atoms with E-state index in [1.54, 1.807) is 19.1 Å². The van der Waals surface area contributed by atoms with Gasteiger partial charge in [-0.05, 0) is 95.8 Å². The molecule has 1 saturated heterocycles. The zero-order valence-electron chi connectivity index (χ0n) is 34.5. The zero-order chi connectivity index (χ0) is 43.6. The van der Waals surface area contributed by atoms with Crippen LogP contribution < -0.4 is 24.8 Å². The van der Waals surface area contributed by atoms with E-state index in [0.29, 0.717) is 49.7 Å². The van der Waals surface area contributed by atoms with Gasteiger partial charge in [-0.3, -0.25) is 19.1 Å². The number of hydrogen-bond acceptors (Lipinski definition) is 11. The highest BCUT2D eigenvalue weighted by Crippen LogP contribution is 2.51. The molecule has 3 aliphatic carbocycles. The lowest BCUT2D eigenvalue weighted by Gasteiger charge is -2.38. The Morgan fingerprint density at radius 2 is 1.82 bits per heavy atom. The SMILES string of the molecule is COCC1(S(=O)(=O)NC(=O)C23CC2C=CCCCCCC(NC(=O)OC2(C)CCC2)C(=O)N2CC4(CCc5c(c(C(F)(F)F)nc6ccc(OC)cc56)O4)CC2C(=O)N3)CC1. The minimum atomic E-state index is -4.93. The van der Waals surface area contributed by atoms with Gasteiger partial charge >= 0.3 is 12.3 Å². The Morgan fingerprint density at radius 3 is 2.49 bits per heavy atom. The van der Waals surface area contributed by atoms with Crippen molar-refractivity contribution in [2.45, 2.75) is 137 Å². The summed E-state index contributed by atoms with van der Waals surface area (Å²) in [7, 11) is -1.44. The molecule has 8 rings (SSSR count). The van der Waals surface area contributed by atoms with Crippen molar-refractivity contribution in [3.63, 3.8) is 0 Å². The number of allylic oxidation sites excluding steroid dienone is 1. The third kappa shape index (κ3) is 8.11. The van der Waals surface area contributed by atoms with Crippen LogP contribution in [0.25, 0.3) is 10.9 Å². The molecule has 6 aliphatic rings. The Labute approximate surface area is 351 Å². The van der Waals surface area contributed by atoms with E-state index in [4.69, 9.17) is 18.9 Å². The van der Waals surface area contributed by atoms with Crippen LogP contribution in [0.1, 0.15) is 102 Å². The van der Waals surface area contributed by atoms with Gasteiger partial charge in [-0.25, -0.2) is 18.2 Å². The van der Waals surface area contributed by atoms with Gasteiger partial charge in [0, 0.05) is 30.4 Å². The smallest absolute Gasteiger partial charge is 0.437 e. The number of halogens is 3. The first-order valence-electron chi connectivity index (χ1n) is 21.0. The second-order valence-electron chi connectivity index (χ2n) is 17.9. The van der Waals surface area contributed by atoms with E-state index in [9.17, 15) is 40.8 Å². The maximum Gasteiger partial charge on any atom is 0.437 e. The second kappa shape index (κ2) is 15.6. The highest BCUT2D eigenvalue weighted by Gasteiger charge is 2.64. The van der Waals surface area contributed by atoms with Crippen molar-refractivity contribution in [2.75, 3.05) is 27.4 Å². The molecule has 1 spiro atoms. The summed E-state index contributed by atoms with van der Waals surface area (Å²) in [5.74, 6) is -3.13. The van der Waals surface area contributed by atoms with E-state index < -0.39 is 90.9 Å². The monoisotopic (exact) mass is 875 g/mol. The molecule has 15 nitrogen and oxygen atoms in total. The van der Waals surface area contributed by atoms with Crippen molar-refractivity contribution in [1.82, 2.24) is 25.2 Å². The molecule has 5 atom stereocenters. The summed E-state index contributed by atoms with van der Waals surface area (Å²) < 4.78 is 95.0. The number of benzene rings is 1. The fourth-order valence-corrected chi connectivity index (χ4v) is 11.0. The Hall–Kier alpha value is -4.65. The molecule has 4 amide bonds. The minimum Gasteiger partial charge on any atom is -0.497 e. The number of ether oxygens (including phenoxy) is 4. The van der Waals surface area contributed by atoms with Gasteiger partial charge in [-0.1, -0.05) is 25.0 Å². The van der Waals surface area contributed by atoms with Gasteiger partial charge in [0.15, 0.2) is 11.4 Å². The summed E-state index contributed by atoms with van der Waals surface area (Å²) >= 11 is 0. The van der Waals surface area contributed by atoms with Crippen LogP contribution in [0.5, 0.6) is 11.5 Å². The molecule has 3 N–H and O–H groups in total. The number of carbonyl (C=O) groups excluding carboxylic acids is 4. The van der Waals surface area contributed by atoms with Crippen LogP contribution in [-0.4, -0.2) is 103 Å². The first kappa shape index (κ1) is 43.0. The molecule has 61 heavy (non-hydrogen) atoms. The maximum absolute atomic E-state index is 14.8. The third-order valence-corrected chi connectivity index (χ3v) is 15.6. The molecule has 4 heterocycles. The number of aromatic nitrogens is 1. The van der Waals surface area contributed by atoms with Crippen molar-refractivity contribution in [2.24, 2.45) is 5.92 Å². The average molecular weight is 876 g/mol. The summed E-state index contributed by atoms with van der Waals surface area (Å²) in [4.78, 5) is 62.2. The molecular formula is C42H52F3N5O10S. The van der Waals surface area contributed by atoms with E-state index in [1.807, 2.05) is 6.08 Å². The molecule has 0 radical (unpaired) electrons. The van der Waals surface area contributed by atoms with Crippen LogP contribution in [0.15, 0.2) is 30.4 Å². The van der Waals surface area contributed by atoms with Crippen molar-refractivity contribution in [3.05, 3.63) is 41.6 Å². The highest BCUT2D eigenvalue weighted by molar-refractivity contribution is 7.91. The second-order valence-corrected chi connectivity index (χ2v) is 20.0. The Kier molecular flexibility index (Phi) is 11.0. The van der Waals surface area contributed by atoms with Crippen molar-refractivity contribution in [3.8, 4) is 11.5 Å². The molecule has 3 aliphatic heterocycles. The topological polar surface area (TPSA) is 192 Å². The number of carbonyl (C=O) groups is 4. The van der Waals surface area contributed by atoms with Gasteiger partial charge in [-0.2, -0.15) is 13.2 Å². The number of nitrogens with one attached hydrogen (secondary N) is 3. The summed E-state index contributed by atoms with van der Waals surface area (Å²) in [5.41, 5.74) is -4.84. The predicted molar refractivity (Wildman–Crippen MR) is 213 cm³/mol. The molecule has 332 valence electrons. The van der Waals surface area contributed by atoms with Gasteiger partial charge in [0.2, 0.25) is 21.8 Å². The van der Waals surface area contributed by atoms with E-state index in [2.05, 4.69) is 20.3 Å². The van der Waals surface area contributed by atoms with Crippen LogP contribution in [0.4, 0.5) is 18.0 Å². The number of pyridine rings is 1. The molecule has 3 saturated carbocycles. The Bertz CT molecular complexity index is 2260. The molecule has 19 heteroatoms. The number of aryl methyl sites for hydroxylation is 1. The lowest BCUT2D eigenvalue weighted by atomic mass is 9.82. The van der Waals surface area contributed by atoms with Crippen molar-refractivity contribution < 1.29 is 59.7 Å². The first-order chi connectivity index (χ1) is 28.9. The standard InChI is InChI=1S/C42H52F3N5O10S/c1-38(15-9-16-38)60-37(54)47-30-11-8-6-4-5-7-10-25-21-41(25,36(53)49-61(55,56)40(18-19-40)24-57-2)48-34(51)31-22-39(23-50(31)35(30)52)17-14-27-28-20-26(58-3)12-13-29(28)46-33(32(27)59-39)42(43,44)45/h7,10,12-13,20,25,30-31H,4-6,8-9,11,14-19,21-24H2,1-3H3,(H,47,54)(H,48,51)(H,49,53). The van der Waals surface area contributed by atoms with Crippen molar-refractivity contribution >= 4 is 44.7 Å². The van der Waals surface area contributed by atoms with Crippen LogP contribution in [0, 0.1) is 5.92 Å². The number of alkyl halides is 3. The molecular weight excluding hydrogens is 824 g/mol. The number of rotatable bonds is 8. The number of methoxy groups -OCH3 is 2. The minimum absolute atomic E-state index is 0.0633.